The number of nitrogens with zero attached hydrogens (tertiary/aromatic N) is 1. The van der Waals surface area contributed by atoms with E-state index in [-0.39, 0.29) is 6.03 Å². The van der Waals surface area contributed by atoms with Crippen LogP contribution in [0.5, 0.6) is 0 Å². The zero-order chi connectivity index (χ0) is 13.7. The molecule has 4 heteroatoms. The maximum Gasteiger partial charge on any atom is 0.314 e. The fraction of sp³-hybridized carbons (Fsp3) is 0.533. The quantitative estimate of drug-likeness (QED) is 0.866. The van der Waals surface area contributed by atoms with Crippen LogP contribution in [0.15, 0.2) is 24.3 Å². The third-order valence-corrected chi connectivity index (χ3v) is 3.90. The highest BCUT2D eigenvalue weighted by Crippen LogP contribution is 2.11. The lowest BCUT2D eigenvalue weighted by atomic mass is 10.0. The van der Waals surface area contributed by atoms with Gasteiger partial charge in [0.25, 0.3) is 0 Å². The molecule has 3 N–H and O–H groups in total. The van der Waals surface area contributed by atoms with Crippen molar-refractivity contribution >= 4 is 6.03 Å². The molecule has 1 aromatic carbocycles. The van der Waals surface area contributed by atoms with Crippen molar-refractivity contribution in [3.63, 3.8) is 0 Å². The molecule has 0 spiro atoms. The van der Waals surface area contributed by atoms with Crippen LogP contribution >= 0.6 is 0 Å². The molecule has 1 aliphatic heterocycles. The fourth-order valence-electron chi connectivity index (χ4n) is 2.61. The molecule has 2 amide bonds. The van der Waals surface area contributed by atoms with E-state index in [1.807, 2.05) is 0 Å². The Morgan fingerprint density at radius 2 is 2.05 bits per heavy atom. The molecule has 0 atom stereocenters. The van der Waals surface area contributed by atoms with Gasteiger partial charge in [-0.3, -0.25) is 0 Å². The monoisotopic (exact) mass is 261 g/mol. The number of carbonyl (C=O) groups is 1. The van der Waals surface area contributed by atoms with Crippen LogP contribution in [0.25, 0.3) is 0 Å². The molecule has 1 aliphatic rings. The average molecular weight is 261 g/mol. The molecule has 0 radical (unpaired) electrons. The van der Waals surface area contributed by atoms with Crippen LogP contribution < -0.4 is 11.1 Å². The third kappa shape index (κ3) is 3.96. The number of primary amides is 1. The van der Waals surface area contributed by atoms with Crippen LogP contribution in [0, 0.1) is 6.92 Å². The second kappa shape index (κ2) is 6.57. The van der Waals surface area contributed by atoms with Crippen molar-refractivity contribution in [2.45, 2.75) is 32.2 Å². The summed E-state index contributed by atoms with van der Waals surface area (Å²) >= 11 is 0. The molecule has 19 heavy (non-hydrogen) atoms. The lowest BCUT2D eigenvalue weighted by molar-refractivity contribution is 0.185. The van der Waals surface area contributed by atoms with Crippen LogP contribution in [0.3, 0.4) is 0 Å². The van der Waals surface area contributed by atoms with Gasteiger partial charge in [-0.25, -0.2) is 4.79 Å². The SMILES string of the molecule is Cc1ccccc1CCNC1CCN(C(N)=O)CC1. The number of hydrogen-bond donors (Lipinski definition) is 2. The molecular formula is C15H23N3O. The lowest BCUT2D eigenvalue weighted by Gasteiger charge is -2.31. The summed E-state index contributed by atoms with van der Waals surface area (Å²) in [6.45, 7) is 4.70. The van der Waals surface area contributed by atoms with Crippen molar-refractivity contribution in [1.82, 2.24) is 10.2 Å². The maximum atomic E-state index is 11.0. The maximum absolute atomic E-state index is 11.0. The number of rotatable bonds is 4. The number of carbonyl (C=O) groups excluding carboxylic acids is 1. The fourth-order valence-corrected chi connectivity index (χ4v) is 2.61. The molecule has 0 aliphatic carbocycles. The summed E-state index contributed by atoms with van der Waals surface area (Å²) in [4.78, 5) is 12.7. The van der Waals surface area contributed by atoms with E-state index < -0.39 is 0 Å². The van der Waals surface area contributed by atoms with Gasteiger partial charge in [0.2, 0.25) is 0 Å². The number of amides is 2. The Morgan fingerprint density at radius 1 is 1.37 bits per heavy atom. The molecule has 0 bridgehead atoms. The van der Waals surface area contributed by atoms with Gasteiger partial charge in [-0.05, 0) is 43.9 Å². The Balaban J connectivity index is 1.70. The first kappa shape index (κ1) is 13.9. The van der Waals surface area contributed by atoms with Crippen LogP contribution in [0.2, 0.25) is 0 Å². The van der Waals surface area contributed by atoms with Gasteiger partial charge in [0.1, 0.15) is 0 Å². The Bertz CT molecular complexity index is 425. The number of likely N-dealkylation sites (tertiary alicyclic amines) is 1. The minimum atomic E-state index is -0.293. The van der Waals surface area contributed by atoms with Crippen molar-refractivity contribution in [2.24, 2.45) is 5.73 Å². The zero-order valence-electron chi connectivity index (χ0n) is 11.6. The topological polar surface area (TPSA) is 58.4 Å². The predicted octanol–water partition coefficient (Wildman–Crippen LogP) is 1.67. The molecule has 0 unspecified atom stereocenters. The summed E-state index contributed by atoms with van der Waals surface area (Å²) in [5, 5.41) is 3.58. The molecule has 1 saturated heterocycles. The summed E-state index contributed by atoms with van der Waals surface area (Å²) in [5.74, 6) is 0. The number of nitrogens with two attached hydrogens (primary N) is 1. The highest BCUT2D eigenvalue weighted by Gasteiger charge is 2.20. The summed E-state index contributed by atoms with van der Waals surface area (Å²) < 4.78 is 0. The first-order valence-corrected chi connectivity index (χ1v) is 6.99. The van der Waals surface area contributed by atoms with E-state index in [2.05, 4.69) is 36.5 Å². The molecule has 1 aromatic rings. The highest BCUT2D eigenvalue weighted by molar-refractivity contribution is 5.72. The molecule has 0 aromatic heterocycles. The standard InChI is InChI=1S/C15H23N3O/c1-12-4-2-3-5-13(12)6-9-17-14-7-10-18(11-8-14)15(16)19/h2-5,14,17H,6-11H2,1H3,(H2,16,19). The summed E-state index contributed by atoms with van der Waals surface area (Å²) in [5.41, 5.74) is 8.03. The Morgan fingerprint density at radius 3 is 2.68 bits per heavy atom. The Hall–Kier alpha value is -1.55. The lowest BCUT2D eigenvalue weighted by Crippen LogP contribution is -2.47. The van der Waals surface area contributed by atoms with Crippen LogP contribution in [-0.2, 0) is 6.42 Å². The van der Waals surface area contributed by atoms with E-state index in [1.54, 1.807) is 4.90 Å². The van der Waals surface area contributed by atoms with Gasteiger partial charge in [-0.15, -0.1) is 0 Å². The Kier molecular flexibility index (Phi) is 4.80. The normalized spacial score (nSPS) is 16.6. The van der Waals surface area contributed by atoms with E-state index in [0.29, 0.717) is 6.04 Å². The van der Waals surface area contributed by atoms with Crippen molar-refractivity contribution in [1.29, 1.82) is 0 Å². The van der Waals surface area contributed by atoms with Crippen molar-refractivity contribution < 1.29 is 4.79 Å². The highest BCUT2D eigenvalue weighted by atomic mass is 16.2. The minimum Gasteiger partial charge on any atom is -0.351 e. The molecule has 0 saturated carbocycles. The minimum absolute atomic E-state index is 0.293. The van der Waals surface area contributed by atoms with Gasteiger partial charge in [-0.2, -0.15) is 0 Å². The molecular weight excluding hydrogens is 238 g/mol. The van der Waals surface area contributed by atoms with Crippen molar-refractivity contribution in [3.05, 3.63) is 35.4 Å². The van der Waals surface area contributed by atoms with Gasteiger partial charge in [0.05, 0.1) is 0 Å². The van der Waals surface area contributed by atoms with Gasteiger partial charge in [0, 0.05) is 19.1 Å². The average Bonchev–Trinajstić information content (AvgIpc) is 2.41. The van der Waals surface area contributed by atoms with Crippen LogP contribution in [-0.4, -0.2) is 36.6 Å². The molecule has 1 heterocycles. The largest absolute Gasteiger partial charge is 0.351 e. The number of benzene rings is 1. The van der Waals surface area contributed by atoms with E-state index in [1.165, 1.54) is 11.1 Å². The number of aryl methyl sites for hydroxylation is 1. The van der Waals surface area contributed by atoms with Crippen LogP contribution in [0.4, 0.5) is 4.79 Å². The number of nitrogens with one attached hydrogen (secondary N) is 1. The number of urea groups is 1. The predicted molar refractivity (Wildman–Crippen MR) is 77.1 cm³/mol. The van der Waals surface area contributed by atoms with E-state index >= 15 is 0 Å². The smallest absolute Gasteiger partial charge is 0.314 e. The number of hydrogen-bond acceptors (Lipinski definition) is 2. The second-order valence-electron chi connectivity index (χ2n) is 5.23. The van der Waals surface area contributed by atoms with E-state index in [0.717, 1.165) is 38.9 Å². The van der Waals surface area contributed by atoms with Crippen molar-refractivity contribution in [3.8, 4) is 0 Å². The number of piperidine rings is 1. The summed E-state index contributed by atoms with van der Waals surface area (Å²) in [7, 11) is 0. The molecule has 2 rings (SSSR count). The third-order valence-electron chi connectivity index (χ3n) is 3.90. The van der Waals surface area contributed by atoms with Gasteiger partial charge >= 0.3 is 6.03 Å². The first-order chi connectivity index (χ1) is 9.16. The van der Waals surface area contributed by atoms with Crippen molar-refractivity contribution in [2.75, 3.05) is 19.6 Å². The molecule has 104 valence electrons. The van der Waals surface area contributed by atoms with E-state index in [4.69, 9.17) is 5.73 Å². The van der Waals surface area contributed by atoms with Gasteiger partial charge in [-0.1, -0.05) is 24.3 Å². The van der Waals surface area contributed by atoms with Gasteiger partial charge < -0.3 is 16.0 Å². The zero-order valence-corrected chi connectivity index (χ0v) is 11.6. The summed E-state index contributed by atoms with van der Waals surface area (Å²) in [6.07, 6.45) is 3.05. The second-order valence-corrected chi connectivity index (χ2v) is 5.23. The van der Waals surface area contributed by atoms with Crippen LogP contribution in [0.1, 0.15) is 24.0 Å². The Labute approximate surface area is 115 Å². The first-order valence-electron chi connectivity index (χ1n) is 6.99. The van der Waals surface area contributed by atoms with E-state index in [9.17, 15) is 4.79 Å². The van der Waals surface area contributed by atoms with Gasteiger partial charge in [0.15, 0.2) is 0 Å². The molecule has 1 fully saturated rings. The molecule has 4 nitrogen and oxygen atoms in total. The summed E-state index contributed by atoms with van der Waals surface area (Å²) in [6, 6.07) is 8.73.